The van der Waals surface area contributed by atoms with Crippen LogP contribution in [0.5, 0.6) is 0 Å². The Morgan fingerprint density at radius 3 is 2.18 bits per heavy atom. The van der Waals surface area contributed by atoms with Crippen LogP contribution in [0, 0.1) is 0 Å². The number of rotatable bonds is 6. The van der Waals surface area contributed by atoms with Gasteiger partial charge in [0.1, 0.15) is 0 Å². The van der Waals surface area contributed by atoms with Crippen molar-refractivity contribution in [1.29, 1.82) is 0 Å². The molecule has 0 aromatic heterocycles. The van der Waals surface area contributed by atoms with Gasteiger partial charge in [0.05, 0.1) is 0 Å². The summed E-state index contributed by atoms with van der Waals surface area (Å²) in [5.74, 6) is 0. The first-order valence-corrected chi connectivity index (χ1v) is 6.72. The number of hydrogen-bond donors (Lipinski definition) is 1. The molecule has 0 fully saturated rings. The van der Waals surface area contributed by atoms with E-state index in [-0.39, 0.29) is 6.04 Å². The van der Waals surface area contributed by atoms with E-state index in [1.54, 1.807) is 0 Å². The Balaban J connectivity index is 3.34. The Hall–Kier alpha value is 0.137. The van der Waals surface area contributed by atoms with Gasteiger partial charge in [0, 0.05) is 12.6 Å². The summed E-state index contributed by atoms with van der Waals surface area (Å²) in [4.78, 5) is 0. The van der Waals surface area contributed by atoms with Gasteiger partial charge in [-0.25, -0.2) is 0 Å². The van der Waals surface area contributed by atoms with E-state index < -0.39 is 9.04 Å². The Labute approximate surface area is 71.8 Å². The Morgan fingerprint density at radius 1 is 1.27 bits per heavy atom. The highest BCUT2D eigenvalue weighted by Crippen LogP contribution is 2.00. The monoisotopic (exact) mass is 175 g/mol. The van der Waals surface area contributed by atoms with E-state index in [0.29, 0.717) is 0 Å². The molecule has 0 amide bonds. The lowest BCUT2D eigenvalue weighted by atomic mass is 10.3. The van der Waals surface area contributed by atoms with E-state index in [1.807, 2.05) is 0 Å². The molecule has 2 N–H and O–H groups in total. The van der Waals surface area contributed by atoms with Crippen molar-refractivity contribution in [2.45, 2.75) is 45.3 Å². The number of hydrogen-bond acceptors (Lipinski definition) is 2. The smallest absolute Gasteiger partial charge is 0.176 e. The zero-order chi connectivity index (χ0) is 8.69. The summed E-state index contributed by atoms with van der Waals surface area (Å²) in [5.41, 5.74) is 5.73. The lowest BCUT2D eigenvalue weighted by Gasteiger charge is -2.15. The summed E-state index contributed by atoms with van der Waals surface area (Å²) in [6.45, 7) is 7.28. The minimum absolute atomic E-state index is 0.253. The lowest BCUT2D eigenvalue weighted by Crippen LogP contribution is -2.29. The molecule has 0 saturated carbocycles. The third-order valence-electron chi connectivity index (χ3n) is 1.98. The SMILES string of the molecule is CCC(N)CO[SiH](CC)CC. The Morgan fingerprint density at radius 2 is 1.82 bits per heavy atom. The van der Waals surface area contributed by atoms with Crippen LogP contribution in [0.15, 0.2) is 0 Å². The van der Waals surface area contributed by atoms with E-state index in [9.17, 15) is 0 Å². The quantitative estimate of drug-likeness (QED) is 0.621. The first kappa shape index (κ1) is 11.1. The summed E-state index contributed by atoms with van der Waals surface area (Å²) >= 11 is 0. The van der Waals surface area contributed by atoms with E-state index in [4.69, 9.17) is 10.2 Å². The van der Waals surface area contributed by atoms with Crippen molar-refractivity contribution in [3.8, 4) is 0 Å². The fourth-order valence-corrected chi connectivity index (χ4v) is 2.47. The molecule has 2 nitrogen and oxygen atoms in total. The van der Waals surface area contributed by atoms with Crippen LogP contribution in [0.2, 0.25) is 12.1 Å². The summed E-state index contributed by atoms with van der Waals surface area (Å²) in [7, 11) is -0.842. The fourth-order valence-electron chi connectivity index (χ4n) is 0.902. The van der Waals surface area contributed by atoms with Gasteiger partial charge in [-0.3, -0.25) is 0 Å². The Bertz CT molecular complexity index is 86.2. The fraction of sp³-hybridized carbons (Fsp3) is 1.00. The van der Waals surface area contributed by atoms with Crippen LogP contribution >= 0.6 is 0 Å². The van der Waals surface area contributed by atoms with Crippen LogP contribution in [0.25, 0.3) is 0 Å². The van der Waals surface area contributed by atoms with Crippen LogP contribution in [0.3, 0.4) is 0 Å². The van der Waals surface area contributed by atoms with E-state index in [0.717, 1.165) is 13.0 Å². The molecule has 11 heavy (non-hydrogen) atoms. The average Bonchev–Trinajstić information content (AvgIpc) is 2.06. The summed E-state index contributed by atoms with van der Waals surface area (Å²) < 4.78 is 5.71. The van der Waals surface area contributed by atoms with Crippen molar-refractivity contribution < 1.29 is 4.43 Å². The van der Waals surface area contributed by atoms with Crippen LogP contribution < -0.4 is 5.73 Å². The first-order chi connectivity index (χ1) is 5.24. The van der Waals surface area contributed by atoms with Crippen LogP contribution in [-0.2, 0) is 4.43 Å². The normalized spacial score (nSPS) is 13.9. The predicted octanol–water partition coefficient (Wildman–Crippen LogP) is 1.50. The van der Waals surface area contributed by atoms with Crippen molar-refractivity contribution in [2.75, 3.05) is 6.61 Å². The van der Waals surface area contributed by atoms with Crippen LogP contribution in [-0.4, -0.2) is 21.7 Å². The molecule has 3 heteroatoms. The molecule has 0 saturated heterocycles. The van der Waals surface area contributed by atoms with Gasteiger partial charge in [-0.1, -0.05) is 20.8 Å². The standard InChI is InChI=1S/C8H21NOSi/c1-4-8(9)7-10-11(5-2)6-3/h8,11H,4-7,9H2,1-3H3. The lowest BCUT2D eigenvalue weighted by molar-refractivity contribution is 0.286. The third kappa shape index (κ3) is 5.41. The minimum atomic E-state index is -0.842. The van der Waals surface area contributed by atoms with Crippen molar-refractivity contribution in [1.82, 2.24) is 0 Å². The maximum atomic E-state index is 5.73. The molecule has 0 aromatic rings. The zero-order valence-electron chi connectivity index (χ0n) is 7.97. The molecule has 1 unspecified atom stereocenters. The van der Waals surface area contributed by atoms with Gasteiger partial charge in [-0.15, -0.1) is 0 Å². The maximum absolute atomic E-state index is 5.73. The van der Waals surface area contributed by atoms with Gasteiger partial charge in [0.15, 0.2) is 9.04 Å². The Kier molecular flexibility index (Phi) is 6.91. The first-order valence-electron chi connectivity index (χ1n) is 4.61. The predicted molar refractivity (Wildman–Crippen MR) is 52.3 cm³/mol. The van der Waals surface area contributed by atoms with Gasteiger partial charge < -0.3 is 10.2 Å². The maximum Gasteiger partial charge on any atom is 0.176 e. The molecular weight excluding hydrogens is 154 g/mol. The topological polar surface area (TPSA) is 35.2 Å². The second-order valence-electron chi connectivity index (χ2n) is 2.94. The molecule has 0 aliphatic rings. The summed E-state index contributed by atoms with van der Waals surface area (Å²) in [5, 5.41) is 0. The van der Waals surface area contributed by atoms with Gasteiger partial charge in [0.25, 0.3) is 0 Å². The molecule has 0 heterocycles. The van der Waals surface area contributed by atoms with Crippen LogP contribution in [0.1, 0.15) is 27.2 Å². The summed E-state index contributed by atoms with van der Waals surface area (Å²) in [6.07, 6.45) is 1.02. The molecule has 0 aliphatic heterocycles. The molecule has 0 bridgehead atoms. The van der Waals surface area contributed by atoms with Crippen molar-refractivity contribution >= 4 is 9.04 Å². The highest BCUT2D eigenvalue weighted by Gasteiger charge is 2.07. The van der Waals surface area contributed by atoms with Gasteiger partial charge in [-0.2, -0.15) is 0 Å². The number of nitrogens with two attached hydrogens (primary N) is 1. The van der Waals surface area contributed by atoms with E-state index in [1.165, 1.54) is 12.1 Å². The van der Waals surface area contributed by atoms with Crippen molar-refractivity contribution in [3.05, 3.63) is 0 Å². The van der Waals surface area contributed by atoms with Gasteiger partial charge in [-0.05, 0) is 18.5 Å². The molecule has 0 aromatic carbocycles. The third-order valence-corrected chi connectivity index (χ3v) is 4.47. The summed E-state index contributed by atoms with van der Waals surface area (Å²) in [6, 6.07) is 2.71. The van der Waals surface area contributed by atoms with Gasteiger partial charge >= 0.3 is 0 Å². The second-order valence-corrected chi connectivity index (χ2v) is 6.15. The molecule has 68 valence electrons. The van der Waals surface area contributed by atoms with E-state index >= 15 is 0 Å². The van der Waals surface area contributed by atoms with E-state index in [2.05, 4.69) is 20.8 Å². The largest absolute Gasteiger partial charge is 0.418 e. The average molecular weight is 175 g/mol. The highest BCUT2D eigenvalue weighted by molar-refractivity contribution is 6.51. The molecule has 0 rings (SSSR count). The molecule has 0 radical (unpaired) electrons. The minimum Gasteiger partial charge on any atom is -0.418 e. The zero-order valence-corrected chi connectivity index (χ0v) is 9.12. The molecule has 0 aliphatic carbocycles. The molecule has 0 spiro atoms. The molecular formula is C8H21NOSi. The second kappa shape index (κ2) is 6.82. The van der Waals surface area contributed by atoms with Crippen LogP contribution in [0.4, 0.5) is 0 Å². The van der Waals surface area contributed by atoms with Crippen molar-refractivity contribution in [3.63, 3.8) is 0 Å². The molecule has 1 atom stereocenters. The highest BCUT2D eigenvalue weighted by atomic mass is 28.3. The van der Waals surface area contributed by atoms with Gasteiger partial charge in [0.2, 0.25) is 0 Å². The van der Waals surface area contributed by atoms with Crippen molar-refractivity contribution in [2.24, 2.45) is 5.73 Å².